The number of nitrogens with zero attached hydrogens (tertiary/aromatic N) is 1. The molecule has 1 aliphatic rings. The Balaban J connectivity index is 2.10. The van der Waals surface area contributed by atoms with Crippen LogP contribution in [0.1, 0.15) is 30.2 Å². The molecule has 0 unspecified atom stereocenters. The maximum absolute atomic E-state index is 4.63. The van der Waals surface area contributed by atoms with Crippen LogP contribution in [0.25, 0.3) is 10.2 Å². The van der Waals surface area contributed by atoms with Gasteiger partial charge < -0.3 is 0 Å². The molecular weight excluding hydrogens is 178 g/mol. The van der Waals surface area contributed by atoms with Crippen LogP contribution in [0.4, 0.5) is 0 Å². The predicted octanol–water partition coefficient (Wildman–Crippen LogP) is 3.36. The number of rotatable bonds is 1. The van der Waals surface area contributed by atoms with Crippen LogP contribution in [0.2, 0.25) is 0 Å². The summed E-state index contributed by atoms with van der Waals surface area (Å²) < 4.78 is 1.28. The molecule has 2 aromatic rings. The molecule has 1 heterocycles. The van der Waals surface area contributed by atoms with E-state index in [1.54, 1.807) is 0 Å². The topological polar surface area (TPSA) is 12.9 Å². The van der Waals surface area contributed by atoms with Crippen molar-refractivity contribution in [2.75, 3.05) is 0 Å². The molecular formula is C11H10NS. The molecule has 1 aromatic heterocycles. The molecule has 1 aromatic carbocycles. The van der Waals surface area contributed by atoms with E-state index in [1.165, 1.54) is 29.0 Å². The van der Waals surface area contributed by atoms with Gasteiger partial charge >= 0.3 is 0 Å². The minimum atomic E-state index is 0.761. The van der Waals surface area contributed by atoms with E-state index in [0.29, 0.717) is 0 Å². The molecule has 1 fully saturated rings. The zero-order chi connectivity index (χ0) is 8.67. The van der Waals surface area contributed by atoms with E-state index in [9.17, 15) is 0 Å². The highest BCUT2D eigenvalue weighted by Crippen LogP contribution is 2.39. The summed E-state index contributed by atoms with van der Waals surface area (Å²) in [5.41, 5.74) is 1.14. The van der Waals surface area contributed by atoms with Gasteiger partial charge in [0.2, 0.25) is 0 Å². The van der Waals surface area contributed by atoms with Crippen molar-refractivity contribution in [3.05, 3.63) is 29.3 Å². The molecule has 13 heavy (non-hydrogen) atoms. The lowest BCUT2D eigenvalue weighted by atomic mass is 9.86. The minimum absolute atomic E-state index is 0.761. The summed E-state index contributed by atoms with van der Waals surface area (Å²) in [6.45, 7) is 0. The van der Waals surface area contributed by atoms with Crippen LogP contribution in [-0.2, 0) is 0 Å². The van der Waals surface area contributed by atoms with Crippen molar-refractivity contribution in [3.63, 3.8) is 0 Å². The molecule has 1 radical (unpaired) electrons. The van der Waals surface area contributed by atoms with Gasteiger partial charge in [0, 0.05) is 5.92 Å². The van der Waals surface area contributed by atoms with Gasteiger partial charge in [-0.25, -0.2) is 4.98 Å². The van der Waals surface area contributed by atoms with Crippen LogP contribution in [0.3, 0.4) is 0 Å². The van der Waals surface area contributed by atoms with E-state index < -0.39 is 0 Å². The van der Waals surface area contributed by atoms with Crippen molar-refractivity contribution < 1.29 is 0 Å². The molecule has 0 N–H and O–H groups in total. The second kappa shape index (κ2) is 2.81. The SMILES string of the molecule is [c]1ccc2nc(C3CCC3)sc2c1. The van der Waals surface area contributed by atoms with Gasteiger partial charge in [0.25, 0.3) is 0 Å². The van der Waals surface area contributed by atoms with Crippen molar-refractivity contribution in [1.29, 1.82) is 0 Å². The lowest BCUT2D eigenvalue weighted by Crippen LogP contribution is -2.07. The van der Waals surface area contributed by atoms with Gasteiger partial charge in [-0.15, -0.1) is 11.3 Å². The van der Waals surface area contributed by atoms with Crippen molar-refractivity contribution >= 4 is 21.6 Å². The standard InChI is InChI=1S/C11H10NS/c1-2-7-10-9(6-1)12-11(13-10)8-4-3-5-8/h1,6-8H,3-5H2. The lowest BCUT2D eigenvalue weighted by Gasteiger charge is -2.22. The largest absolute Gasteiger partial charge is 0.241 e. The van der Waals surface area contributed by atoms with E-state index in [-0.39, 0.29) is 0 Å². The molecule has 0 spiro atoms. The highest BCUT2D eigenvalue weighted by molar-refractivity contribution is 7.18. The molecule has 0 aliphatic heterocycles. The number of benzene rings is 1. The average molecular weight is 188 g/mol. The number of hydrogen-bond acceptors (Lipinski definition) is 2. The van der Waals surface area contributed by atoms with E-state index in [2.05, 4.69) is 11.1 Å². The molecule has 2 heteroatoms. The molecule has 0 bridgehead atoms. The predicted molar refractivity (Wildman–Crippen MR) is 55.0 cm³/mol. The van der Waals surface area contributed by atoms with Crippen LogP contribution in [0.5, 0.6) is 0 Å². The number of thiazole rings is 1. The summed E-state index contributed by atoms with van der Waals surface area (Å²) in [6, 6.07) is 9.12. The van der Waals surface area contributed by atoms with Crippen LogP contribution >= 0.6 is 11.3 Å². The Hall–Kier alpha value is -0.890. The first-order valence-electron chi connectivity index (χ1n) is 4.70. The smallest absolute Gasteiger partial charge is 0.0969 e. The fraction of sp³-hybridized carbons (Fsp3) is 0.364. The molecule has 65 valence electrons. The maximum Gasteiger partial charge on any atom is 0.0969 e. The Morgan fingerprint density at radius 3 is 3.08 bits per heavy atom. The summed E-state index contributed by atoms with van der Waals surface area (Å²) in [5.74, 6) is 0.761. The van der Waals surface area contributed by atoms with Crippen molar-refractivity contribution in [2.24, 2.45) is 0 Å². The Morgan fingerprint density at radius 2 is 2.38 bits per heavy atom. The molecule has 1 nitrogen and oxygen atoms in total. The van der Waals surface area contributed by atoms with Crippen molar-refractivity contribution in [3.8, 4) is 0 Å². The summed E-state index contributed by atoms with van der Waals surface area (Å²) in [7, 11) is 0. The Kier molecular flexibility index (Phi) is 1.62. The normalized spacial score (nSPS) is 17.5. The lowest BCUT2D eigenvalue weighted by molar-refractivity contribution is 0.419. The number of fused-ring (bicyclic) bond motifs is 1. The number of hydrogen-bond donors (Lipinski definition) is 0. The van der Waals surface area contributed by atoms with Gasteiger partial charge in [0.15, 0.2) is 0 Å². The Morgan fingerprint density at radius 1 is 1.46 bits per heavy atom. The number of aromatic nitrogens is 1. The second-order valence-electron chi connectivity index (χ2n) is 3.57. The molecule has 0 amide bonds. The maximum atomic E-state index is 4.63. The van der Waals surface area contributed by atoms with Gasteiger partial charge in [-0.05, 0) is 31.0 Å². The van der Waals surface area contributed by atoms with Gasteiger partial charge in [-0.2, -0.15) is 0 Å². The molecule has 0 saturated heterocycles. The van der Waals surface area contributed by atoms with Gasteiger partial charge in [0.05, 0.1) is 15.2 Å². The summed E-state index contributed by atoms with van der Waals surface area (Å²) in [5, 5.41) is 1.33. The van der Waals surface area contributed by atoms with Crippen LogP contribution in [0.15, 0.2) is 18.2 Å². The fourth-order valence-corrected chi connectivity index (χ4v) is 2.78. The molecule has 0 atom stereocenters. The fourth-order valence-electron chi connectivity index (χ4n) is 1.67. The zero-order valence-corrected chi connectivity index (χ0v) is 8.10. The Bertz CT molecular complexity index is 395. The molecule has 1 aliphatic carbocycles. The van der Waals surface area contributed by atoms with Crippen LogP contribution < -0.4 is 0 Å². The van der Waals surface area contributed by atoms with E-state index in [1.807, 2.05) is 29.5 Å². The zero-order valence-electron chi connectivity index (χ0n) is 7.29. The summed E-state index contributed by atoms with van der Waals surface area (Å²) in [4.78, 5) is 4.63. The Labute approximate surface area is 81.4 Å². The van der Waals surface area contributed by atoms with E-state index in [4.69, 9.17) is 0 Å². The third kappa shape index (κ3) is 1.17. The summed E-state index contributed by atoms with van der Waals surface area (Å²) in [6.07, 6.45) is 4.06. The van der Waals surface area contributed by atoms with Gasteiger partial charge in [0.1, 0.15) is 0 Å². The first kappa shape index (κ1) is 7.51. The van der Waals surface area contributed by atoms with E-state index in [0.717, 1.165) is 11.4 Å². The third-order valence-corrected chi connectivity index (χ3v) is 3.88. The summed E-state index contributed by atoms with van der Waals surface area (Å²) >= 11 is 1.84. The first-order valence-corrected chi connectivity index (χ1v) is 5.52. The van der Waals surface area contributed by atoms with E-state index >= 15 is 0 Å². The van der Waals surface area contributed by atoms with Gasteiger partial charge in [-0.3, -0.25) is 0 Å². The van der Waals surface area contributed by atoms with Crippen molar-refractivity contribution in [2.45, 2.75) is 25.2 Å². The average Bonchev–Trinajstić information content (AvgIpc) is 2.43. The monoisotopic (exact) mass is 188 g/mol. The highest BCUT2D eigenvalue weighted by atomic mass is 32.1. The van der Waals surface area contributed by atoms with Gasteiger partial charge in [-0.1, -0.05) is 12.5 Å². The minimum Gasteiger partial charge on any atom is -0.241 e. The van der Waals surface area contributed by atoms with Crippen LogP contribution in [-0.4, -0.2) is 4.98 Å². The third-order valence-electron chi connectivity index (χ3n) is 2.70. The first-order chi connectivity index (χ1) is 6.43. The second-order valence-corrected chi connectivity index (χ2v) is 4.64. The molecule has 1 saturated carbocycles. The van der Waals surface area contributed by atoms with Crippen molar-refractivity contribution in [1.82, 2.24) is 4.98 Å². The highest BCUT2D eigenvalue weighted by Gasteiger charge is 2.22. The van der Waals surface area contributed by atoms with Crippen LogP contribution in [0, 0.1) is 6.07 Å². The molecule has 3 rings (SSSR count). The quantitative estimate of drug-likeness (QED) is 0.668.